The second-order valence-electron chi connectivity index (χ2n) is 3.29. The molecule has 3 N–H and O–H groups in total. The maximum absolute atomic E-state index is 10.7. The Kier molecular flexibility index (Phi) is 2.02. The lowest BCUT2D eigenvalue weighted by Crippen LogP contribution is -2.23. The molecule has 0 amide bonds. The number of rotatable bonds is 3. The van der Waals surface area contributed by atoms with E-state index in [1.165, 1.54) is 0 Å². The lowest BCUT2D eigenvalue weighted by atomic mass is 10.1. The maximum Gasteiger partial charge on any atom is 0.137 e. The first-order valence-electron chi connectivity index (χ1n) is 4.99. The SMILES string of the molecule is [2H]C(=O)C(N)Cc1c[nH]c2ccccc12. The van der Waals surface area contributed by atoms with Gasteiger partial charge >= 0.3 is 0 Å². The maximum atomic E-state index is 10.7. The number of carbonyl (C=O) groups is 1. The molecule has 0 bridgehead atoms. The molecule has 2 rings (SSSR count). The number of nitrogens with two attached hydrogens (primary N) is 1. The predicted molar refractivity (Wildman–Crippen MR) is 56.0 cm³/mol. The molecule has 0 aliphatic rings. The first-order chi connectivity index (χ1) is 7.18. The summed E-state index contributed by atoms with van der Waals surface area (Å²) in [5, 5.41) is 1.06. The molecule has 0 saturated carbocycles. The molecule has 0 spiro atoms. The quantitative estimate of drug-likeness (QED) is 0.713. The van der Waals surface area contributed by atoms with Gasteiger partial charge in [0, 0.05) is 17.1 Å². The molecule has 14 heavy (non-hydrogen) atoms. The molecule has 0 aliphatic heterocycles. The standard InChI is InChI=1S/C11H12N2O/c12-9(7-14)5-8-6-13-11-4-2-1-3-10(8)11/h1-4,6-7,9,13H,5,12H2/i7D. The number of aldehydes is 1. The summed E-state index contributed by atoms with van der Waals surface area (Å²) in [4.78, 5) is 13.8. The van der Waals surface area contributed by atoms with Crippen molar-refractivity contribution in [2.24, 2.45) is 5.73 Å². The second kappa shape index (κ2) is 3.64. The molecular weight excluding hydrogens is 176 g/mol. The molecule has 3 nitrogen and oxygen atoms in total. The average molecular weight is 189 g/mol. The Balaban J connectivity index is 2.32. The minimum atomic E-state index is -0.732. The third kappa shape index (κ3) is 1.54. The third-order valence-electron chi connectivity index (χ3n) is 2.27. The fourth-order valence-corrected chi connectivity index (χ4v) is 1.58. The van der Waals surface area contributed by atoms with E-state index in [4.69, 9.17) is 7.10 Å². The number of carbonyl (C=O) groups excluding carboxylic acids is 1. The van der Waals surface area contributed by atoms with Crippen LogP contribution in [0.15, 0.2) is 30.5 Å². The molecule has 72 valence electrons. The van der Waals surface area contributed by atoms with Gasteiger partial charge in [0.1, 0.15) is 7.63 Å². The highest BCUT2D eigenvalue weighted by Crippen LogP contribution is 2.18. The van der Waals surface area contributed by atoms with Crippen LogP contribution >= 0.6 is 0 Å². The van der Waals surface area contributed by atoms with Crippen molar-refractivity contribution in [2.45, 2.75) is 12.5 Å². The number of para-hydroxylation sites is 1. The molecular formula is C11H12N2O. The number of hydrogen-bond acceptors (Lipinski definition) is 2. The summed E-state index contributed by atoms with van der Waals surface area (Å²) in [5.74, 6) is 0. The van der Waals surface area contributed by atoms with Gasteiger partial charge < -0.3 is 15.5 Å². The van der Waals surface area contributed by atoms with Crippen LogP contribution in [0.3, 0.4) is 0 Å². The average Bonchev–Trinajstić information content (AvgIpc) is 2.62. The number of nitrogens with one attached hydrogen (secondary N) is 1. The van der Waals surface area contributed by atoms with E-state index < -0.39 is 12.3 Å². The smallest absolute Gasteiger partial charge is 0.137 e. The Morgan fingerprint density at radius 3 is 3.14 bits per heavy atom. The van der Waals surface area contributed by atoms with E-state index in [9.17, 15) is 4.79 Å². The van der Waals surface area contributed by atoms with Gasteiger partial charge in [0.05, 0.1) is 6.04 Å². The minimum absolute atomic E-state index is 0.409. The zero-order chi connectivity index (χ0) is 10.8. The molecule has 1 aromatic carbocycles. The van der Waals surface area contributed by atoms with Crippen LogP contribution in [0.5, 0.6) is 0 Å². The van der Waals surface area contributed by atoms with E-state index in [0.717, 1.165) is 16.5 Å². The Morgan fingerprint density at radius 2 is 2.36 bits per heavy atom. The lowest BCUT2D eigenvalue weighted by Gasteiger charge is -2.01. The zero-order valence-corrected chi connectivity index (χ0v) is 7.66. The molecule has 1 heterocycles. The number of fused-ring (bicyclic) bond motifs is 1. The zero-order valence-electron chi connectivity index (χ0n) is 8.66. The highest BCUT2D eigenvalue weighted by molar-refractivity contribution is 5.83. The second-order valence-corrected chi connectivity index (χ2v) is 3.29. The van der Waals surface area contributed by atoms with Crippen LogP contribution in [0.25, 0.3) is 10.9 Å². The van der Waals surface area contributed by atoms with Crippen molar-refractivity contribution in [1.82, 2.24) is 4.98 Å². The largest absolute Gasteiger partial charge is 0.361 e. The van der Waals surface area contributed by atoms with E-state index in [1.807, 2.05) is 30.5 Å². The van der Waals surface area contributed by atoms with Crippen LogP contribution in [0.4, 0.5) is 0 Å². The number of benzene rings is 1. The third-order valence-corrected chi connectivity index (χ3v) is 2.27. The summed E-state index contributed by atoms with van der Waals surface area (Å²) in [6.45, 7) is 0. The molecule has 1 atom stereocenters. The van der Waals surface area contributed by atoms with Gasteiger partial charge in [-0.1, -0.05) is 18.2 Å². The van der Waals surface area contributed by atoms with Gasteiger partial charge in [-0.15, -0.1) is 0 Å². The van der Waals surface area contributed by atoms with Crippen molar-refractivity contribution in [1.29, 1.82) is 0 Å². The van der Waals surface area contributed by atoms with Crippen LogP contribution in [-0.2, 0) is 11.2 Å². The van der Waals surface area contributed by atoms with Gasteiger partial charge in [-0.3, -0.25) is 0 Å². The number of aromatic nitrogens is 1. The van der Waals surface area contributed by atoms with Crippen molar-refractivity contribution in [3.05, 3.63) is 36.0 Å². The molecule has 0 aliphatic carbocycles. The van der Waals surface area contributed by atoms with Gasteiger partial charge in [-0.2, -0.15) is 0 Å². The van der Waals surface area contributed by atoms with Gasteiger partial charge in [0.25, 0.3) is 0 Å². The molecule has 1 unspecified atom stereocenters. The normalized spacial score (nSPS) is 13.9. The van der Waals surface area contributed by atoms with Gasteiger partial charge in [0.2, 0.25) is 0 Å². The van der Waals surface area contributed by atoms with E-state index in [-0.39, 0.29) is 0 Å². The number of H-pyrrole nitrogens is 1. The predicted octanol–water partition coefficient (Wildman–Crippen LogP) is 1.24. The summed E-state index contributed by atoms with van der Waals surface area (Å²) in [6.07, 6.45) is 1.53. The van der Waals surface area contributed by atoms with Crippen molar-refractivity contribution >= 4 is 17.2 Å². The fourth-order valence-electron chi connectivity index (χ4n) is 1.58. The van der Waals surface area contributed by atoms with Crippen molar-refractivity contribution in [3.8, 4) is 0 Å². The van der Waals surface area contributed by atoms with Crippen LogP contribution in [-0.4, -0.2) is 17.3 Å². The highest BCUT2D eigenvalue weighted by atomic mass is 16.1. The van der Waals surface area contributed by atoms with E-state index in [1.54, 1.807) is 0 Å². The Morgan fingerprint density at radius 1 is 1.57 bits per heavy atom. The molecule has 0 saturated heterocycles. The monoisotopic (exact) mass is 189 g/mol. The Bertz CT molecular complexity index is 492. The highest BCUT2D eigenvalue weighted by Gasteiger charge is 2.06. The summed E-state index contributed by atoms with van der Waals surface area (Å²) >= 11 is 0. The van der Waals surface area contributed by atoms with E-state index >= 15 is 0 Å². The number of aromatic amines is 1. The van der Waals surface area contributed by atoms with Crippen molar-refractivity contribution in [2.75, 3.05) is 0 Å². The molecule has 3 heteroatoms. The Labute approximate surface area is 83.3 Å². The molecule has 1 aromatic heterocycles. The molecule has 2 aromatic rings. The fraction of sp³-hybridized carbons (Fsp3) is 0.182. The van der Waals surface area contributed by atoms with Crippen molar-refractivity contribution in [3.63, 3.8) is 0 Å². The molecule has 0 radical (unpaired) electrons. The van der Waals surface area contributed by atoms with Crippen LogP contribution in [0.2, 0.25) is 0 Å². The van der Waals surface area contributed by atoms with Crippen LogP contribution in [0.1, 0.15) is 6.93 Å². The summed E-state index contributed by atoms with van der Waals surface area (Å²) in [7, 11) is 0. The van der Waals surface area contributed by atoms with Gasteiger partial charge in [-0.05, 0) is 18.1 Å². The van der Waals surface area contributed by atoms with Crippen molar-refractivity contribution < 1.29 is 6.17 Å². The summed E-state index contributed by atoms with van der Waals surface area (Å²) in [5.41, 5.74) is 7.56. The summed E-state index contributed by atoms with van der Waals surface area (Å²) in [6, 6.07) is 7.09. The van der Waals surface area contributed by atoms with E-state index in [0.29, 0.717) is 6.42 Å². The number of hydrogen-bond donors (Lipinski definition) is 2. The van der Waals surface area contributed by atoms with E-state index in [2.05, 4.69) is 4.98 Å². The summed E-state index contributed by atoms with van der Waals surface area (Å²) < 4.78 is 6.92. The lowest BCUT2D eigenvalue weighted by molar-refractivity contribution is -0.108. The minimum Gasteiger partial charge on any atom is -0.361 e. The topological polar surface area (TPSA) is 58.9 Å². The van der Waals surface area contributed by atoms with Crippen LogP contribution in [0, 0.1) is 0 Å². The van der Waals surface area contributed by atoms with Crippen LogP contribution < -0.4 is 5.73 Å². The van der Waals surface area contributed by atoms with Gasteiger partial charge in [0.15, 0.2) is 0 Å². The first kappa shape index (κ1) is 7.76. The Hall–Kier alpha value is -1.61. The molecule has 0 fully saturated rings. The first-order valence-corrected chi connectivity index (χ1v) is 4.49. The van der Waals surface area contributed by atoms with Gasteiger partial charge in [-0.25, -0.2) is 0 Å².